The van der Waals surface area contributed by atoms with Gasteiger partial charge in [-0.05, 0) is 6.92 Å². The van der Waals surface area contributed by atoms with Crippen molar-refractivity contribution in [1.82, 2.24) is 4.98 Å². The Morgan fingerprint density at radius 3 is 2.71 bits per heavy atom. The molecule has 76 valence electrons. The first-order valence-corrected chi connectivity index (χ1v) is 4.91. The number of Topliss-reactive ketones (excluding diaryl/α,β-unsaturated/α-hetero) is 1. The molecule has 14 heavy (non-hydrogen) atoms. The molecular weight excluding hydrogens is 202 g/mol. The van der Waals surface area contributed by atoms with Gasteiger partial charge in [0.1, 0.15) is 5.69 Å². The Kier molecular flexibility index (Phi) is 3.32. The first-order chi connectivity index (χ1) is 6.50. The van der Waals surface area contributed by atoms with E-state index >= 15 is 0 Å². The third-order valence-electron chi connectivity index (χ3n) is 1.51. The lowest BCUT2D eigenvalue weighted by Crippen LogP contribution is -2.32. The summed E-state index contributed by atoms with van der Waals surface area (Å²) in [5.41, 5.74) is 5.70. The fourth-order valence-corrected chi connectivity index (χ4v) is 1.46. The summed E-state index contributed by atoms with van der Waals surface area (Å²) >= 11 is 1.20. The van der Waals surface area contributed by atoms with Gasteiger partial charge in [-0.3, -0.25) is 9.59 Å². The van der Waals surface area contributed by atoms with Crippen molar-refractivity contribution in [3.63, 3.8) is 0 Å². The lowest BCUT2D eigenvalue weighted by atomic mass is 10.3. The highest BCUT2D eigenvalue weighted by molar-refractivity contribution is 7.14. The van der Waals surface area contributed by atoms with Gasteiger partial charge in [0.2, 0.25) is 5.91 Å². The average Bonchev–Trinajstić information content (AvgIpc) is 2.52. The zero-order chi connectivity index (χ0) is 10.7. The highest BCUT2D eigenvalue weighted by Gasteiger charge is 2.11. The highest BCUT2D eigenvalue weighted by Crippen LogP contribution is 2.15. The van der Waals surface area contributed by atoms with Gasteiger partial charge in [-0.1, -0.05) is 0 Å². The Hall–Kier alpha value is -1.27. The van der Waals surface area contributed by atoms with Crippen LogP contribution in [0.1, 0.15) is 24.3 Å². The summed E-state index contributed by atoms with van der Waals surface area (Å²) in [6, 6.07) is -0.584. The smallest absolute Gasteiger partial charge is 0.242 e. The van der Waals surface area contributed by atoms with Gasteiger partial charge in [-0.15, -0.1) is 11.3 Å². The van der Waals surface area contributed by atoms with Crippen molar-refractivity contribution in [3.05, 3.63) is 11.1 Å². The van der Waals surface area contributed by atoms with Crippen molar-refractivity contribution in [2.45, 2.75) is 19.9 Å². The average molecular weight is 213 g/mol. The predicted molar refractivity (Wildman–Crippen MR) is 54.4 cm³/mol. The Labute approximate surface area is 85.3 Å². The van der Waals surface area contributed by atoms with Crippen LogP contribution in [-0.4, -0.2) is 22.7 Å². The Balaban J connectivity index is 2.69. The van der Waals surface area contributed by atoms with Crippen molar-refractivity contribution in [2.75, 3.05) is 5.32 Å². The number of nitrogens with zero attached hydrogens (tertiary/aromatic N) is 1. The molecular formula is C8H11N3O2S. The second-order valence-corrected chi connectivity index (χ2v) is 3.73. The maximum atomic E-state index is 11.1. The van der Waals surface area contributed by atoms with Gasteiger partial charge in [0.15, 0.2) is 10.9 Å². The number of carbonyl (C=O) groups excluding carboxylic acids is 2. The van der Waals surface area contributed by atoms with E-state index in [0.29, 0.717) is 10.8 Å². The van der Waals surface area contributed by atoms with Gasteiger partial charge in [-0.25, -0.2) is 4.98 Å². The molecule has 1 heterocycles. The molecule has 1 aromatic rings. The zero-order valence-corrected chi connectivity index (χ0v) is 8.72. The molecule has 1 rings (SSSR count). The molecule has 3 N–H and O–H groups in total. The molecule has 0 aromatic carbocycles. The van der Waals surface area contributed by atoms with Gasteiger partial charge in [-0.2, -0.15) is 0 Å². The molecule has 0 bridgehead atoms. The van der Waals surface area contributed by atoms with Crippen LogP contribution < -0.4 is 11.1 Å². The van der Waals surface area contributed by atoms with Gasteiger partial charge >= 0.3 is 0 Å². The minimum absolute atomic E-state index is 0.123. The molecule has 0 aliphatic rings. The maximum absolute atomic E-state index is 11.1. The number of ketones is 1. The lowest BCUT2D eigenvalue weighted by molar-refractivity contribution is -0.117. The molecule has 0 radical (unpaired) electrons. The number of carbonyl (C=O) groups is 2. The summed E-state index contributed by atoms with van der Waals surface area (Å²) in [5, 5.41) is 4.50. The molecule has 1 amide bonds. The van der Waals surface area contributed by atoms with Gasteiger partial charge in [0.05, 0.1) is 6.04 Å². The number of amides is 1. The Morgan fingerprint density at radius 1 is 1.64 bits per heavy atom. The largest absolute Gasteiger partial charge is 0.320 e. The van der Waals surface area contributed by atoms with E-state index in [4.69, 9.17) is 5.73 Å². The molecule has 6 heteroatoms. The van der Waals surface area contributed by atoms with E-state index in [0.717, 1.165) is 0 Å². The maximum Gasteiger partial charge on any atom is 0.242 e. The number of aromatic nitrogens is 1. The normalized spacial score (nSPS) is 12.2. The standard InChI is InChI=1S/C8H11N3O2S/c1-4(9)7(13)11-8-10-6(3-14-8)5(2)12/h3-4H,9H2,1-2H3,(H,10,11,13). The molecule has 0 saturated carbocycles. The number of nitrogens with two attached hydrogens (primary N) is 1. The minimum atomic E-state index is -0.584. The SMILES string of the molecule is CC(=O)c1csc(NC(=O)C(C)N)n1. The van der Waals surface area contributed by atoms with Gasteiger partial charge in [0.25, 0.3) is 0 Å². The molecule has 0 aliphatic heterocycles. The molecule has 0 spiro atoms. The van der Waals surface area contributed by atoms with Crippen LogP contribution in [0.2, 0.25) is 0 Å². The number of rotatable bonds is 3. The van der Waals surface area contributed by atoms with Crippen LogP contribution in [0.4, 0.5) is 5.13 Å². The van der Waals surface area contributed by atoms with E-state index in [-0.39, 0.29) is 11.7 Å². The third kappa shape index (κ3) is 2.61. The van der Waals surface area contributed by atoms with Crippen LogP contribution in [0.25, 0.3) is 0 Å². The topological polar surface area (TPSA) is 85.1 Å². The van der Waals surface area contributed by atoms with Gasteiger partial charge < -0.3 is 11.1 Å². The van der Waals surface area contributed by atoms with Crippen molar-refractivity contribution in [2.24, 2.45) is 5.73 Å². The third-order valence-corrected chi connectivity index (χ3v) is 2.27. The highest BCUT2D eigenvalue weighted by atomic mass is 32.1. The summed E-state index contributed by atoms with van der Waals surface area (Å²) in [6.45, 7) is 3.00. The molecule has 0 aliphatic carbocycles. The molecule has 1 unspecified atom stereocenters. The molecule has 1 atom stereocenters. The molecule has 0 saturated heterocycles. The number of hydrogen-bond donors (Lipinski definition) is 2. The lowest BCUT2D eigenvalue weighted by Gasteiger charge is -2.03. The first-order valence-electron chi connectivity index (χ1n) is 4.03. The monoisotopic (exact) mass is 213 g/mol. The number of hydrogen-bond acceptors (Lipinski definition) is 5. The van der Waals surface area contributed by atoms with E-state index in [2.05, 4.69) is 10.3 Å². The van der Waals surface area contributed by atoms with Gasteiger partial charge in [0, 0.05) is 12.3 Å². The van der Waals surface area contributed by atoms with E-state index in [1.54, 1.807) is 12.3 Å². The molecule has 1 aromatic heterocycles. The fraction of sp³-hybridized carbons (Fsp3) is 0.375. The molecule has 0 fully saturated rings. The van der Waals surface area contributed by atoms with E-state index in [1.807, 2.05) is 0 Å². The molecule has 5 nitrogen and oxygen atoms in total. The zero-order valence-electron chi connectivity index (χ0n) is 7.90. The fourth-order valence-electron chi connectivity index (χ4n) is 0.712. The second kappa shape index (κ2) is 4.30. The van der Waals surface area contributed by atoms with E-state index in [9.17, 15) is 9.59 Å². The van der Waals surface area contributed by atoms with E-state index in [1.165, 1.54) is 18.3 Å². The Bertz CT molecular complexity index is 359. The van der Waals surface area contributed by atoms with Crippen LogP contribution in [0.5, 0.6) is 0 Å². The summed E-state index contributed by atoms with van der Waals surface area (Å²) in [6.07, 6.45) is 0. The first kappa shape index (κ1) is 10.8. The van der Waals surface area contributed by atoms with Crippen LogP contribution in [0.3, 0.4) is 0 Å². The summed E-state index contributed by atoms with van der Waals surface area (Å²) in [5.74, 6) is -0.433. The number of thiazole rings is 1. The number of nitrogens with one attached hydrogen (secondary N) is 1. The number of anilines is 1. The summed E-state index contributed by atoms with van der Waals surface area (Å²) in [4.78, 5) is 25.9. The Morgan fingerprint density at radius 2 is 2.29 bits per heavy atom. The van der Waals surface area contributed by atoms with Crippen molar-refractivity contribution in [1.29, 1.82) is 0 Å². The van der Waals surface area contributed by atoms with Crippen LogP contribution in [-0.2, 0) is 4.79 Å². The minimum Gasteiger partial charge on any atom is -0.320 e. The van der Waals surface area contributed by atoms with Crippen molar-refractivity contribution < 1.29 is 9.59 Å². The van der Waals surface area contributed by atoms with Crippen LogP contribution in [0, 0.1) is 0 Å². The predicted octanol–water partition coefficient (Wildman–Crippen LogP) is 0.631. The van der Waals surface area contributed by atoms with Crippen molar-refractivity contribution >= 4 is 28.2 Å². The quantitative estimate of drug-likeness (QED) is 0.721. The van der Waals surface area contributed by atoms with Crippen molar-refractivity contribution in [3.8, 4) is 0 Å². The van der Waals surface area contributed by atoms with E-state index < -0.39 is 6.04 Å². The summed E-state index contributed by atoms with van der Waals surface area (Å²) in [7, 11) is 0. The second-order valence-electron chi connectivity index (χ2n) is 2.87. The van der Waals surface area contributed by atoms with Crippen LogP contribution in [0.15, 0.2) is 5.38 Å². The van der Waals surface area contributed by atoms with Crippen LogP contribution >= 0.6 is 11.3 Å². The summed E-state index contributed by atoms with van der Waals surface area (Å²) < 4.78 is 0.